The molecular formula is C15H18Cl2O4. The molecule has 0 aliphatic carbocycles. The van der Waals surface area contributed by atoms with Crippen LogP contribution in [0, 0.1) is 0 Å². The van der Waals surface area contributed by atoms with Crippen molar-refractivity contribution >= 4 is 35.1 Å². The summed E-state index contributed by atoms with van der Waals surface area (Å²) in [5, 5.41) is 0.744. The topological polar surface area (TPSA) is 52.6 Å². The molecule has 21 heavy (non-hydrogen) atoms. The largest absolute Gasteiger partial charge is 0.466 e. The highest BCUT2D eigenvalue weighted by Gasteiger charge is 2.10. The lowest BCUT2D eigenvalue weighted by molar-refractivity contribution is -0.144. The monoisotopic (exact) mass is 332 g/mol. The smallest absolute Gasteiger partial charge is 0.311 e. The number of esters is 2. The maximum Gasteiger partial charge on any atom is 0.311 e. The highest BCUT2D eigenvalue weighted by atomic mass is 35.5. The molecule has 0 aliphatic heterocycles. The molecule has 0 bridgehead atoms. The van der Waals surface area contributed by atoms with Gasteiger partial charge in [-0.3, -0.25) is 9.59 Å². The van der Waals surface area contributed by atoms with Crippen molar-refractivity contribution in [1.82, 2.24) is 0 Å². The Labute approximate surface area is 134 Å². The van der Waals surface area contributed by atoms with E-state index in [4.69, 9.17) is 32.7 Å². The van der Waals surface area contributed by atoms with Crippen LogP contribution >= 0.6 is 23.2 Å². The first-order chi connectivity index (χ1) is 10.0. The molecular weight excluding hydrogens is 315 g/mol. The zero-order valence-electron chi connectivity index (χ0n) is 11.9. The van der Waals surface area contributed by atoms with Gasteiger partial charge < -0.3 is 9.47 Å². The Hall–Kier alpha value is -1.26. The minimum Gasteiger partial charge on any atom is -0.466 e. The van der Waals surface area contributed by atoms with Crippen LogP contribution in [0.25, 0.3) is 0 Å². The van der Waals surface area contributed by atoms with Crippen LogP contribution in [0.2, 0.25) is 10.0 Å². The number of carbonyl (C=O) groups is 2. The minimum absolute atomic E-state index is 0.117. The van der Waals surface area contributed by atoms with Crippen LogP contribution in [-0.2, 0) is 14.3 Å². The van der Waals surface area contributed by atoms with Crippen molar-refractivity contribution in [3.05, 3.63) is 28.2 Å². The van der Waals surface area contributed by atoms with E-state index < -0.39 is 5.97 Å². The first-order valence-corrected chi connectivity index (χ1v) is 7.60. The Balaban J connectivity index is 2.28. The maximum absolute atomic E-state index is 11.6. The highest BCUT2D eigenvalue weighted by Crippen LogP contribution is 2.28. The Kier molecular flexibility index (Phi) is 8.16. The van der Waals surface area contributed by atoms with Gasteiger partial charge in [0.1, 0.15) is 0 Å². The fraction of sp³-hybridized carbons (Fsp3) is 0.467. The van der Waals surface area contributed by atoms with Gasteiger partial charge in [0.05, 0.1) is 11.6 Å². The summed E-state index contributed by atoms with van der Waals surface area (Å²) in [7, 11) is 0. The van der Waals surface area contributed by atoms with E-state index in [9.17, 15) is 9.59 Å². The summed E-state index contributed by atoms with van der Waals surface area (Å²) in [6.45, 7) is 2.45. The number of hydrogen-bond donors (Lipinski definition) is 0. The molecule has 0 heterocycles. The molecule has 0 saturated heterocycles. The number of carbonyl (C=O) groups excluding carboxylic acids is 2. The van der Waals surface area contributed by atoms with Gasteiger partial charge >= 0.3 is 11.9 Å². The third kappa shape index (κ3) is 7.34. The van der Waals surface area contributed by atoms with E-state index >= 15 is 0 Å². The average Bonchev–Trinajstić information content (AvgIpc) is 2.43. The molecule has 1 aromatic carbocycles. The summed E-state index contributed by atoms with van der Waals surface area (Å²) in [6, 6.07) is 4.63. The summed E-state index contributed by atoms with van der Waals surface area (Å²) in [5.74, 6) is -0.530. The van der Waals surface area contributed by atoms with Crippen LogP contribution in [0.5, 0.6) is 5.75 Å². The molecule has 0 fully saturated rings. The summed E-state index contributed by atoms with van der Waals surface area (Å²) in [6.07, 6.45) is 2.51. The summed E-state index contributed by atoms with van der Waals surface area (Å²) in [5.41, 5.74) is 0. The van der Waals surface area contributed by atoms with E-state index in [1.54, 1.807) is 12.1 Å². The van der Waals surface area contributed by atoms with Crippen LogP contribution in [0.15, 0.2) is 18.2 Å². The van der Waals surface area contributed by atoms with Gasteiger partial charge in [0, 0.05) is 23.9 Å². The lowest BCUT2D eigenvalue weighted by Gasteiger charge is -2.07. The van der Waals surface area contributed by atoms with Gasteiger partial charge in [-0.15, -0.1) is 0 Å². The van der Waals surface area contributed by atoms with Crippen molar-refractivity contribution in [2.75, 3.05) is 6.61 Å². The Morgan fingerprint density at radius 2 is 1.81 bits per heavy atom. The number of unbranched alkanes of at least 4 members (excludes halogenated alkanes) is 1. The zero-order valence-corrected chi connectivity index (χ0v) is 13.4. The SMILES string of the molecule is CCCCOC(=O)CCCC(=O)Oc1cc(Cl)ccc1Cl. The standard InChI is InChI=1S/C15H18Cl2O4/c1-2-3-9-20-14(18)5-4-6-15(19)21-13-10-11(16)7-8-12(13)17/h7-8,10H,2-6,9H2,1H3. The fourth-order valence-corrected chi connectivity index (χ4v) is 1.83. The quantitative estimate of drug-likeness (QED) is 0.402. The third-order valence-electron chi connectivity index (χ3n) is 2.64. The molecule has 6 heteroatoms. The lowest BCUT2D eigenvalue weighted by Crippen LogP contribution is -2.10. The predicted molar refractivity (Wildman–Crippen MR) is 81.8 cm³/mol. The molecule has 0 aromatic heterocycles. The molecule has 0 unspecified atom stereocenters. The van der Waals surface area contributed by atoms with Crippen LogP contribution in [0.4, 0.5) is 0 Å². The zero-order chi connectivity index (χ0) is 15.7. The Bertz CT molecular complexity index is 489. The molecule has 0 radical (unpaired) electrons. The van der Waals surface area contributed by atoms with E-state index in [2.05, 4.69) is 0 Å². The molecule has 116 valence electrons. The second-order valence-corrected chi connectivity index (χ2v) is 5.32. The van der Waals surface area contributed by atoms with Gasteiger partial charge in [0.2, 0.25) is 0 Å². The van der Waals surface area contributed by atoms with E-state index in [1.807, 2.05) is 6.92 Å². The predicted octanol–water partition coefficient (Wildman–Crippen LogP) is 4.41. The Morgan fingerprint density at radius 1 is 1.10 bits per heavy atom. The lowest BCUT2D eigenvalue weighted by atomic mass is 10.2. The van der Waals surface area contributed by atoms with Gasteiger partial charge in [-0.1, -0.05) is 36.5 Å². The third-order valence-corrected chi connectivity index (χ3v) is 3.19. The second kappa shape index (κ2) is 9.64. The number of benzene rings is 1. The van der Waals surface area contributed by atoms with E-state index in [-0.39, 0.29) is 24.6 Å². The fourth-order valence-electron chi connectivity index (χ4n) is 1.51. The van der Waals surface area contributed by atoms with Crippen LogP contribution in [0.1, 0.15) is 39.0 Å². The Morgan fingerprint density at radius 3 is 2.52 bits per heavy atom. The van der Waals surface area contributed by atoms with Gasteiger partial charge in [0.15, 0.2) is 5.75 Å². The van der Waals surface area contributed by atoms with Gasteiger partial charge in [0.25, 0.3) is 0 Å². The molecule has 0 spiro atoms. The molecule has 0 atom stereocenters. The number of halogens is 2. The minimum atomic E-state index is -0.458. The normalized spacial score (nSPS) is 10.2. The van der Waals surface area contributed by atoms with Gasteiger partial charge in [-0.25, -0.2) is 0 Å². The van der Waals surface area contributed by atoms with Crippen molar-refractivity contribution < 1.29 is 19.1 Å². The first kappa shape index (κ1) is 17.8. The molecule has 0 aliphatic rings. The van der Waals surface area contributed by atoms with Crippen molar-refractivity contribution in [2.45, 2.75) is 39.0 Å². The summed E-state index contributed by atoms with van der Waals surface area (Å²) >= 11 is 11.7. The molecule has 0 amide bonds. The van der Waals surface area contributed by atoms with Crippen molar-refractivity contribution in [3.63, 3.8) is 0 Å². The van der Waals surface area contributed by atoms with Crippen LogP contribution in [-0.4, -0.2) is 18.5 Å². The molecule has 0 N–H and O–H groups in total. The molecule has 4 nitrogen and oxygen atoms in total. The van der Waals surface area contributed by atoms with Crippen LogP contribution in [0.3, 0.4) is 0 Å². The van der Waals surface area contributed by atoms with Gasteiger partial charge in [-0.05, 0) is 25.0 Å². The van der Waals surface area contributed by atoms with E-state index in [0.29, 0.717) is 23.1 Å². The molecule has 1 rings (SSSR count). The van der Waals surface area contributed by atoms with Crippen molar-refractivity contribution in [3.8, 4) is 5.75 Å². The number of rotatable bonds is 8. The number of hydrogen-bond acceptors (Lipinski definition) is 4. The summed E-state index contributed by atoms with van der Waals surface area (Å²) in [4.78, 5) is 23.0. The first-order valence-electron chi connectivity index (χ1n) is 6.84. The van der Waals surface area contributed by atoms with Crippen LogP contribution < -0.4 is 4.74 Å². The van der Waals surface area contributed by atoms with E-state index in [1.165, 1.54) is 6.07 Å². The molecule has 0 saturated carbocycles. The maximum atomic E-state index is 11.6. The highest BCUT2D eigenvalue weighted by molar-refractivity contribution is 6.34. The average molecular weight is 333 g/mol. The molecule has 1 aromatic rings. The van der Waals surface area contributed by atoms with Crippen molar-refractivity contribution in [2.24, 2.45) is 0 Å². The second-order valence-electron chi connectivity index (χ2n) is 4.48. The van der Waals surface area contributed by atoms with E-state index in [0.717, 1.165) is 12.8 Å². The number of ether oxygens (including phenoxy) is 2. The summed E-state index contributed by atoms with van der Waals surface area (Å²) < 4.78 is 10.1. The van der Waals surface area contributed by atoms with Crippen molar-refractivity contribution in [1.29, 1.82) is 0 Å². The van der Waals surface area contributed by atoms with Gasteiger partial charge in [-0.2, -0.15) is 0 Å².